The Hall–Kier alpha value is -2.66. The van der Waals surface area contributed by atoms with Gasteiger partial charge in [0.15, 0.2) is 0 Å². The topological polar surface area (TPSA) is 57.8 Å². The molecule has 4 aromatic rings. The highest BCUT2D eigenvalue weighted by atomic mass is 79.9. The molecule has 0 saturated heterocycles. The molecule has 5 heteroatoms. The van der Waals surface area contributed by atoms with Crippen molar-refractivity contribution in [2.24, 2.45) is 0 Å². The molecule has 0 bridgehead atoms. The van der Waals surface area contributed by atoms with E-state index in [4.69, 9.17) is 0 Å². The van der Waals surface area contributed by atoms with Crippen molar-refractivity contribution in [3.8, 4) is 0 Å². The number of nitrogens with one attached hydrogen (secondary N) is 2. The first-order valence-corrected chi connectivity index (χ1v) is 9.28. The average molecular weight is 408 g/mol. The van der Waals surface area contributed by atoms with Crippen molar-refractivity contribution in [2.45, 2.75) is 19.4 Å². The van der Waals surface area contributed by atoms with Crippen LogP contribution in [0.4, 0.5) is 0 Å². The summed E-state index contributed by atoms with van der Waals surface area (Å²) in [5.41, 5.74) is 4.03. The quantitative estimate of drug-likeness (QED) is 0.505. The summed E-state index contributed by atoms with van der Waals surface area (Å²) in [6, 6.07) is 18.1. The van der Waals surface area contributed by atoms with Crippen LogP contribution in [0.1, 0.15) is 24.2 Å². The van der Waals surface area contributed by atoms with E-state index in [0.717, 1.165) is 37.5 Å². The van der Waals surface area contributed by atoms with Crippen LogP contribution >= 0.6 is 15.9 Å². The number of aromatic nitrogens is 2. The van der Waals surface area contributed by atoms with Crippen molar-refractivity contribution in [3.05, 3.63) is 76.5 Å². The lowest BCUT2D eigenvalue weighted by Gasteiger charge is -2.18. The third kappa shape index (κ3) is 3.22. The van der Waals surface area contributed by atoms with Gasteiger partial charge in [-0.1, -0.05) is 46.3 Å². The molecule has 2 aromatic carbocycles. The molecule has 26 heavy (non-hydrogen) atoms. The van der Waals surface area contributed by atoms with Crippen molar-refractivity contribution in [2.75, 3.05) is 0 Å². The summed E-state index contributed by atoms with van der Waals surface area (Å²) in [4.78, 5) is 19.9. The molecule has 0 fully saturated rings. The van der Waals surface area contributed by atoms with E-state index in [1.165, 1.54) is 0 Å². The fourth-order valence-electron chi connectivity index (χ4n) is 3.39. The van der Waals surface area contributed by atoms with Gasteiger partial charge in [-0.25, -0.2) is 0 Å². The Labute approximate surface area is 159 Å². The van der Waals surface area contributed by atoms with Crippen LogP contribution in [-0.4, -0.2) is 15.9 Å². The van der Waals surface area contributed by atoms with Gasteiger partial charge in [-0.15, -0.1) is 0 Å². The van der Waals surface area contributed by atoms with E-state index < -0.39 is 0 Å². The number of aromatic amines is 1. The Kier molecular flexibility index (Phi) is 4.47. The Balaban J connectivity index is 1.85. The summed E-state index contributed by atoms with van der Waals surface area (Å²) in [5, 5.41) is 5.31. The molecule has 1 atom stereocenters. The molecule has 2 N–H and O–H groups in total. The molecule has 4 rings (SSSR count). The second kappa shape index (κ2) is 6.92. The fourth-order valence-corrected chi connectivity index (χ4v) is 3.75. The fraction of sp³-hybridized carbons (Fsp3) is 0.143. The SMILES string of the molecule is CC(=O)NC(Cc1ccccc1)c1nccc2c1[nH]c1ccc(Br)cc12. The lowest BCUT2D eigenvalue weighted by molar-refractivity contribution is -0.119. The number of fused-ring (bicyclic) bond motifs is 3. The predicted octanol–water partition coefficient (Wildman–Crippen LogP) is 4.90. The van der Waals surface area contributed by atoms with Gasteiger partial charge in [0, 0.05) is 33.9 Å². The maximum absolute atomic E-state index is 11.8. The molecule has 0 saturated carbocycles. The van der Waals surface area contributed by atoms with Crippen LogP contribution in [0.25, 0.3) is 21.8 Å². The highest BCUT2D eigenvalue weighted by molar-refractivity contribution is 9.10. The van der Waals surface area contributed by atoms with Crippen molar-refractivity contribution >= 4 is 43.6 Å². The number of amides is 1. The normalized spacial score (nSPS) is 12.4. The van der Waals surface area contributed by atoms with Crippen molar-refractivity contribution in [1.82, 2.24) is 15.3 Å². The van der Waals surface area contributed by atoms with Gasteiger partial charge in [-0.2, -0.15) is 0 Å². The number of pyridine rings is 1. The van der Waals surface area contributed by atoms with Crippen molar-refractivity contribution in [1.29, 1.82) is 0 Å². The van der Waals surface area contributed by atoms with Crippen LogP contribution in [0.3, 0.4) is 0 Å². The average Bonchev–Trinajstić information content (AvgIpc) is 2.99. The number of nitrogens with zero attached hydrogens (tertiary/aromatic N) is 1. The molecular formula is C21H18BrN3O. The molecule has 2 aromatic heterocycles. The highest BCUT2D eigenvalue weighted by Gasteiger charge is 2.20. The van der Waals surface area contributed by atoms with Gasteiger partial charge in [0.1, 0.15) is 0 Å². The monoisotopic (exact) mass is 407 g/mol. The van der Waals surface area contributed by atoms with Gasteiger partial charge in [-0.3, -0.25) is 9.78 Å². The third-order valence-electron chi connectivity index (χ3n) is 4.50. The van der Waals surface area contributed by atoms with Crippen LogP contribution in [-0.2, 0) is 11.2 Å². The second-order valence-electron chi connectivity index (χ2n) is 6.38. The first-order chi connectivity index (χ1) is 12.6. The van der Waals surface area contributed by atoms with Gasteiger partial charge in [0.25, 0.3) is 0 Å². The minimum Gasteiger partial charge on any atom is -0.353 e. The lowest BCUT2D eigenvalue weighted by Crippen LogP contribution is -2.28. The number of rotatable bonds is 4. The summed E-state index contributed by atoms with van der Waals surface area (Å²) in [7, 11) is 0. The molecule has 4 nitrogen and oxygen atoms in total. The number of carbonyl (C=O) groups excluding carboxylic acids is 1. The van der Waals surface area contributed by atoms with Crippen molar-refractivity contribution < 1.29 is 4.79 Å². The maximum Gasteiger partial charge on any atom is 0.217 e. The van der Waals surface area contributed by atoms with Gasteiger partial charge < -0.3 is 10.3 Å². The van der Waals surface area contributed by atoms with Gasteiger partial charge >= 0.3 is 0 Å². The molecule has 0 aliphatic rings. The number of hydrogen-bond acceptors (Lipinski definition) is 2. The first kappa shape index (κ1) is 16.8. The van der Waals surface area contributed by atoms with Crippen LogP contribution in [0.5, 0.6) is 0 Å². The molecule has 1 amide bonds. The summed E-state index contributed by atoms with van der Waals surface area (Å²) in [5.74, 6) is -0.0661. The Morgan fingerprint density at radius 1 is 1.15 bits per heavy atom. The van der Waals surface area contributed by atoms with Gasteiger partial charge in [-0.05, 0) is 36.2 Å². The number of benzene rings is 2. The van der Waals surface area contributed by atoms with Crippen molar-refractivity contribution in [3.63, 3.8) is 0 Å². The van der Waals surface area contributed by atoms with Crippen LogP contribution in [0.2, 0.25) is 0 Å². The minimum atomic E-state index is -0.199. The standard InChI is InChI=1S/C21H18BrN3O/c1-13(26)24-19(11-14-5-3-2-4-6-14)21-20-16(9-10-23-21)17-12-15(22)7-8-18(17)25-20/h2-10,12,19,25H,11H2,1H3,(H,24,26). The molecule has 0 spiro atoms. The molecule has 0 aliphatic carbocycles. The number of halogens is 1. The minimum absolute atomic E-state index is 0.0661. The van der Waals surface area contributed by atoms with Gasteiger partial charge in [0.2, 0.25) is 5.91 Å². The van der Waals surface area contributed by atoms with Gasteiger partial charge in [0.05, 0.1) is 17.3 Å². The summed E-state index contributed by atoms with van der Waals surface area (Å²) in [6.07, 6.45) is 2.50. The van der Waals surface area contributed by atoms with E-state index >= 15 is 0 Å². The van der Waals surface area contributed by atoms with E-state index in [2.05, 4.69) is 49.4 Å². The Bertz CT molecular complexity index is 1090. The zero-order chi connectivity index (χ0) is 18.1. The van der Waals surface area contributed by atoms with E-state index in [9.17, 15) is 4.79 Å². The molecule has 130 valence electrons. The molecule has 0 radical (unpaired) electrons. The third-order valence-corrected chi connectivity index (χ3v) is 5.00. The molecule has 2 heterocycles. The first-order valence-electron chi connectivity index (χ1n) is 8.48. The van der Waals surface area contributed by atoms with E-state index in [0.29, 0.717) is 6.42 Å². The second-order valence-corrected chi connectivity index (χ2v) is 7.29. The Morgan fingerprint density at radius 2 is 1.96 bits per heavy atom. The van der Waals surface area contributed by atoms with Crippen LogP contribution < -0.4 is 5.32 Å². The predicted molar refractivity (Wildman–Crippen MR) is 108 cm³/mol. The highest BCUT2D eigenvalue weighted by Crippen LogP contribution is 2.31. The number of hydrogen-bond donors (Lipinski definition) is 2. The zero-order valence-corrected chi connectivity index (χ0v) is 15.9. The number of carbonyl (C=O) groups is 1. The summed E-state index contributed by atoms with van der Waals surface area (Å²) >= 11 is 3.54. The van der Waals surface area contributed by atoms with Crippen LogP contribution in [0.15, 0.2) is 65.3 Å². The Morgan fingerprint density at radius 3 is 2.73 bits per heavy atom. The zero-order valence-electron chi connectivity index (χ0n) is 14.3. The van der Waals surface area contributed by atoms with E-state index in [1.807, 2.05) is 42.6 Å². The summed E-state index contributed by atoms with van der Waals surface area (Å²) in [6.45, 7) is 1.54. The smallest absolute Gasteiger partial charge is 0.217 e. The molecular weight excluding hydrogens is 390 g/mol. The number of H-pyrrole nitrogens is 1. The maximum atomic E-state index is 11.8. The lowest BCUT2D eigenvalue weighted by atomic mass is 10.0. The largest absolute Gasteiger partial charge is 0.353 e. The van der Waals surface area contributed by atoms with Crippen LogP contribution in [0, 0.1) is 0 Å². The molecule has 0 aliphatic heterocycles. The van der Waals surface area contributed by atoms with E-state index in [-0.39, 0.29) is 11.9 Å². The summed E-state index contributed by atoms with van der Waals surface area (Å²) < 4.78 is 1.03. The molecule has 1 unspecified atom stereocenters. The van der Waals surface area contributed by atoms with E-state index in [1.54, 1.807) is 6.92 Å².